The largest absolute Gasteiger partial charge is 0.405 e. The monoisotopic (exact) mass is 648 g/mol. The molecule has 2 aromatic heterocycles. The molecule has 2 aliphatic heterocycles. The van der Waals surface area contributed by atoms with Crippen LogP contribution in [0.2, 0.25) is 28.2 Å². The minimum Gasteiger partial charge on any atom is -0.405 e. The number of aromatic nitrogens is 4. The number of rotatable bonds is 7. The Morgan fingerprint density at radius 1 is 1.07 bits per heavy atom. The first-order valence-corrected chi connectivity index (χ1v) is 20.4. The maximum Gasteiger partial charge on any atom is 0.349 e. The Balaban J connectivity index is 1.87. The zero-order valence-electron chi connectivity index (χ0n) is 29.0. The molecule has 2 N–H and O–H groups in total. The summed E-state index contributed by atoms with van der Waals surface area (Å²) in [4.78, 5) is 8.91. The summed E-state index contributed by atoms with van der Waals surface area (Å²) in [6, 6.07) is 3.14. The molecule has 0 bridgehead atoms. The van der Waals surface area contributed by atoms with E-state index in [0.717, 1.165) is 0 Å². The zero-order chi connectivity index (χ0) is 32.9. The van der Waals surface area contributed by atoms with Gasteiger partial charge in [-0.3, -0.25) is 0 Å². The van der Waals surface area contributed by atoms with Crippen LogP contribution in [0, 0.1) is 12.0 Å². The second-order valence-electron chi connectivity index (χ2n) is 15.2. The molecule has 13 heteroatoms. The fraction of sp³-hybridized carbons (Fsp3) is 0.774. The number of ether oxygens (including phenoxy) is 3. The lowest BCUT2D eigenvalue weighted by atomic mass is 10.1. The lowest BCUT2D eigenvalue weighted by molar-refractivity contribution is -0.745. The Labute approximate surface area is 265 Å². The van der Waals surface area contributed by atoms with E-state index < -0.39 is 35.5 Å². The summed E-state index contributed by atoms with van der Waals surface area (Å²) in [7, 11) is -5.12. The van der Waals surface area contributed by atoms with Crippen molar-refractivity contribution in [2.24, 2.45) is 0 Å². The van der Waals surface area contributed by atoms with Crippen molar-refractivity contribution in [3.05, 3.63) is 12.7 Å². The second-order valence-corrected chi connectivity index (χ2v) is 24.8. The van der Waals surface area contributed by atoms with Gasteiger partial charge in [-0.2, -0.15) is 9.55 Å². The molecule has 246 valence electrons. The Hall–Kier alpha value is -1.90. The van der Waals surface area contributed by atoms with Gasteiger partial charge in [0, 0.05) is 23.3 Å². The number of fused-ring (bicyclic) bond motifs is 2. The molecule has 44 heavy (non-hydrogen) atoms. The average molecular weight is 649 g/mol. The third-order valence-electron chi connectivity index (χ3n) is 9.02. The Morgan fingerprint density at radius 2 is 1.68 bits per heavy atom. The summed E-state index contributed by atoms with van der Waals surface area (Å²) in [5.41, 5.74) is 7.57. The van der Waals surface area contributed by atoms with Gasteiger partial charge in [0.15, 0.2) is 20.5 Å². The number of imidazole rings is 1. The molecule has 2 aliphatic rings. The first kappa shape index (κ1) is 35.0. The first-order valence-electron chi connectivity index (χ1n) is 15.7. The molecular weight excluding hydrogens is 595 g/mol. The van der Waals surface area contributed by atoms with Crippen molar-refractivity contribution in [2.45, 2.75) is 135 Å². The number of nitrogen functional groups attached to an aromatic ring is 1. The average Bonchev–Trinajstić information content (AvgIpc) is 3.43. The van der Waals surface area contributed by atoms with Gasteiger partial charge in [0.1, 0.15) is 18.3 Å². The van der Waals surface area contributed by atoms with Crippen LogP contribution in [0.15, 0.2) is 12.7 Å². The Morgan fingerprint density at radius 3 is 2.23 bits per heavy atom. The fourth-order valence-electron chi connectivity index (χ4n) is 6.05. The van der Waals surface area contributed by atoms with E-state index in [-0.39, 0.29) is 27.3 Å². The zero-order valence-corrected chi connectivity index (χ0v) is 31.0. The van der Waals surface area contributed by atoms with Crippen LogP contribution in [-0.4, -0.2) is 75.8 Å². The lowest BCUT2D eigenvalue weighted by Gasteiger charge is -2.54. The van der Waals surface area contributed by atoms with E-state index in [2.05, 4.69) is 97.3 Å². The van der Waals surface area contributed by atoms with Crippen LogP contribution >= 0.6 is 0 Å². The van der Waals surface area contributed by atoms with E-state index in [1.165, 1.54) is 6.33 Å². The van der Waals surface area contributed by atoms with Gasteiger partial charge in [-0.05, 0) is 37.9 Å². The van der Waals surface area contributed by atoms with Gasteiger partial charge < -0.3 is 33.2 Å². The smallest absolute Gasteiger partial charge is 0.349 e. The van der Waals surface area contributed by atoms with Crippen molar-refractivity contribution in [3.8, 4) is 12.0 Å². The van der Waals surface area contributed by atoms with Gasteiger partial charge in [-0.25, -0.2) is 4.57 Å². The molecular formula is C31H54N5O6Si2+. The highest BCUT2D eigenvalue weighted by atomic mass is 28.4. The summed E-state index contributed by atoms with van der Waals surface area (Å²) in [6.07, 6.45) is 0.982. The maximum atomic E-state index is 7.28. The van der Waals surface area contributed by atoms with Gasteiger partial charge in [-0.15, -0.1) is 0 Å². The van der Waals surface area contributed by atoms with Crippen molar-refractivity contribution < 1.29 is 32.1 Å². The van der Waals surface area contributed by atoms with E-state index in [4.69, 9.17) is 33.2 Å². The number of nitrogens with two attached hydrogens (primary N) is 1. The SMILES string of the molecule is CCOC(C#Cn1c[n+]([C@@H]2O[C@@H]3CO[Si](C(C)(C)C)(C(C)(C)C)O[C@H]3[C@H]2O[Si](C)(C)C(C)(C)C)c2ncnc(N)c21)OCC. The second kappa shape index (κ2) is 12.4. The van der Waals surface area contributed by atoms with Gasteiger partial charge >= 0.3 is 14.2 Å². The van der Waals surface area contributed by atoms with Crippen molar-refractivity contribution in [1.82, 2.24) is 14.5 Å². The van der Waals surface area contributed by atoms with Gasteiger partial charge in [-0.1, -0.05) is 67.3 Å². The molecule has 0 aliphatic carbocycles. The van der Waals surface area contributed by atoms with Crippen molar-refractivity contribution in [2.75, 3.05) is 25.6 Å². The standard InChI is InChI=1S/C31H54N5O6Si2/c1-14-37-22(38-15-2)16-17-35-20-36(27-23(35)26(32)33-19-34-27)28-25(41-43(12,13)29(3,4)5)24-21(40-28)18-39-44(42-24,30(6,7)8)31(9,10)11/h19-22,24-25,28H,14-15,18H2,1-13H3,(H2,32,33,34)/q+1/t21-,24-,25-,28-/m1/s1. The molecule has 0 radical (unpaired) electrons. The van der Waals surface area contributed by atoms with Crippen LogP contribution in [-0.2, 0) is 27.5 Å². The minimum absolute atomic E-state index is 0.0340. The normalized spacial score (nSPS) is 24.4. The molecule has 2 saturated heterocycles. The molecule has 4 atom stereocenters. The Kier molecular flexibility index (Phi) is 9.83. The van der Waals surface area contributed by atoms with Crippen LogP contribution in [0.3, 0.4) is 0 Å². The minimum atomic E-state index is -2.82. The predicted molar refractivity (Wildman–Crippen MR) is 174 cm³/mol. The first-order chi connectivity index (χ1) is 20.3. The van der Waals surface area contributed by atoms with Crippen LogP contribution in [0.1, 0.15) is 82.4 Å². The molecule has 2 aromatic rings. The maximum absolute atomic E-state index is 7.28. The van der Waals surface area contributed by atoms with Crippen LogP contribution in [0.4, 0.5) is 5.82 Å². The van der Waals surface area contributed by atoms with E-state index in [0.29, 0.717) is 36.8 Å². The predicted octanol–water partition coefficient (Wildman–Crippen LogP) is 5.25. The number of nitrogens with zero attached hydrogens (tertiary/aromatic N) is 4. The summed E-state index contributed by atoms with van der Waals surface area (Å²) in [6.45, 7) is 29.8. The van der Waals surface area contributed by atoms with Crippen molar-refractivity contribution in [3.63, 3.8) is 0 Å². The lowest BCUT2D eigenvalue weighted by Crippen LogP contribution is -2.66. The number of anilines is 1. The van der Waals surface area contributed by atoms with Gasteiger partial charge in [0.05, 0.1) is 12.7 Å². The Bertz CT molecular complexity index is 1360. The molecule has 0 aromatic carbocycles. The topological polar surface area (TPSA) is 116 Å². The third-order valence-corrected chi connectivity index (χ3v) is 18.6. The molecule has 11 nitrogen and oxygen atoms in total. The summed E-state index contributed by atoms with van der Waals surface area (Å²) < 4.78 is 43.1. The van der Waals surface area contributed by atoms with Crippen LogP contribution in [0.25, 0.3) is 11.2 Å². The van der Waals surface area contributed by atoms with E-state index in [1.807, 2.05) is 24.7 Å². The van der Waals surface area contributed by atoms with Gasteiger partial charge in [0.25, 0.3) is 0 Å². The molecule has 4 rings (SSSR count). The summed E-state index contributed by atoms with van der Waals surface area (Å²) in [5.74, 6) is 3.37. The quantitative estimate of drug-likeness (QED) is 0.186. The fourth-order valence-corrected chi connectivity index (χ4v) is 12.3. The van der Waals surface area contributed by atoms with E-state index in [1.54, 1.807) is 4.57 Å². The molecule has 0 saturated carbocycles. The summed E-state index contributed by atoms with van der Waals surface area (Å²) >= 11 is 0. The molecule has 2 fully saturated rings. The van der Waals surface area contributed by atoms with Crippen molar-refractivity contribution in [1.29, 1.82) is 0 Å². The van der Waals surface area contributed by atoms with E-state index >= 15 is 0 Å². The molecule has 0 amide bonds. The van der Waals surface area contributed by atoms with E-state index in [9.17, 15) is 0 Å². The molecule has 4 heterocycles. The van der Waals surface area contributed by atoms with Crippen molar-refractivity contribution >= 4 is 33.9 Å². The van der Waals surface area contributed by atoms with Gasteiger partial charge in [0.2, 0.25) is 24.4 Å². The highest BCUT2D eigenvalue weighted by Gasteiger charge is 2.66. The third kappa shape index (κ3) is 6.37. The summed E-state index contributed by atoms with van der Waals surface area (Å²) in [5, 5.41) is -0.407. The number of hydrogen-bond donors (Lipinski definition) is 1. The van der Waals surface area contributed by atoms with Crippen LogP contribution in [0.5, 0.6) is 0 Å². The molecule has 0 spiro atoms. The highest BCUT2D eigenvalue weighted by molar-refractivity contribution is 6.74. The number of hydrogen-bond acceptors (Lipinski definition) is 9. The molecule has 0 unspecified atom stereocenters. The van der Waals surface area contributed by atoms with Crippen LogP contribution < -0.4 is 10.3 Å². The highest BCUT2D eigenvalue weighted by Crippen LogP contribution is 2.56.